The van der Waals surface area contributed by atoms with Gasteiger partial charge in [-0.3, -0.25) is 24.2 Å². The number of hydrogen-bond donors (Lipinski definition) is 4. The number of pyridine rings is 1. The number of esters is 1. The molecule has 0 fully saturated rings. The van der Waals surface area contributed by atoms with Crippen molar-refractivity contribution in [3.05, 3.63) is 66.0 Å². The molecule has 0 aliphatic carbocycles. The number of carbonyl (C=O) groups excluding carboxylic acids is 4. The number of aliphatic carboxylic acids is 1. The second kappa shape index (κ2) is 14.3. The topological polar surface area (TPSA) is 173 Å². The summed E-state index contributed by atoms with van der Waals surface area (Å²) in [6, 6.07) is 11.1. The molecule has 0 aliphatic heterocycles. The van der Waals surface area contributed by atoms with Crippen molar-refractivity contribution < 1.29 is 38.6 Å². The molecule has 1 heterocycles. The maximum absolute atomic E-state index is 13.2. The van der Waals surface area contributed by atoms with Gasteiger partial charge >= 0.3 is 18.0 Å². The van der Waals surface area contributed by atoms with E-state index >= 15 is 0 Å². The molecular formula is C26H32N4O8. The number of benzene rings is 1. The van der Waals surface area contributed by atoms with Crippen molar-refractivity contribution in [2.45, 2.75) is 57.9 Å². The van der Waals surface area contributed by atoms with Crippen molar-refractivity contribution in [3.8, 4) is 0 Å². The molecule has 1 aromatic carbocycles. The summed E-state index contributed by atoms with van der Waals surface area (Å²) in [5.41, 5.74) is 0.313. The number of carbonyl (C=O) groups is 5. The van der Waals surface area contributed by atoms with Gasteiger partial charge in [0.25, 0.3) is 0 Å². The molecule has 1 unspecified atom stereocenters. The number of nitrogens with zero attached hydrogens (tertiary/aromatic N) is 1. The van der Waals surface area contributed by atoms with E-state index in [0.29, 0.717) is 11.3 Å². The van der Waals surface area contributed by atoms with Gasteiger partial charge in [-0.25, -0.2) is 4.79 Å². The first-order valence-electron chi connectivity index (χ1n) is 11.8. The quantitative estimate of drug-likeness (QED) is 0.296. The van der Waals surface area contributed by atoms with Gasteiger partial charge in [0.15, 0.2) is 0 Å². The molecule has 2 atom stereocenters. The first-order chi connectivity index (χ1) is 17.9. The van der Waals surface area contributed by atoms with Crippen LogP contribution in [0.25, 0.3) is 0 Å². The lowest BCUT2D eigenvalue weighted by Gasteiger charge is -2.24. The zero-order chi connectivity index (χ0) is 28.1. The molecule has 204 valence electrons. The molecule has 12 nitrogen and oxygen atoms in total. The Morgan fingerprint density at radius 1 is 0.921 bits per heavy atom. The summed E-state index contributed by atoms with van der Waals surface area (Å²) in [7, 11) is 0. The minimum atomic E-state index is -1.45. The van der Waals surface area contributed by atoms with Gasteiger partial charge < -0.3 is 30.5 Å². The summed E-state index contributed by atoms with van der Waals surface area (Å²) < 4.78 is 10.4. The summed E-state index contributed by atoms with van der Waals surface area (Å²) in [5, 5.41) is 15.9. The van der Waals surface area contributed by atoms with Crippen LogP contribution in [0.3, 0.4) is 0 Å². The molecule has 4 N–H and O–H groups in total. The van der Waals surface area contributed by atoms with Crippen LogP contribution in [0.1, 0.15) is 38.4 Å². The zero-order valence-electron chi connectivity index (χ0n) is 21.4. The molecule has 0 spiro atoms. The highest BCUT2D eigenvalue weighted by molar-refractivity contribution is 5.94. The van der Waals surface area contributed by atoms with Gasteiger partial charge in [0, 0.05) is 18.3 Å². The highest BCUT2D eigenvalue weighted by Gasteiger charge is 2.31. The summed E-state index contributed by atoms with van der Waals surface area (Å²) in [4.78, 5) is 65.8. The third-order valence-electron chi connectivity index (χ3n) is 4.80. The van der Waals surface area contributed by atoms with Crippen molar-refractivity contribution >= 4 is 29.8 Å². The van der Waals surface area contributed by atoms with Gasteiger partial charge in [0.2, 0.25) is 11.8 Å². The van der Waals surface area contributed by atoms with E-state index in [0.717, 1.165) is 0 Å². The Balaban J connectivity index is 2.17. The van der Waals surface area contributed by atoms with Gasteiger partial charge in [-0.05, 0) is 38.5 Å². The largest absolute Gasteiger partial charge is 0.480 e. The Bertz CT molecular complexity index is 1100. The molecule has 2 aromatic rings. The molecule has 3 amide bonds. The minimum Gasteiger partial charge on any atom is -0.480 e. The lowest BCUT2D eigenvalue weighted by atomic mass is 10.1. The monoisotopic (exact) mass is 528 g/mol. The normalized spacial score (nSPS) is 12.4. The van der Waals surface area contributed by atoms with E-state index < -0.39 is 60.5 Å². The second-order valence-electron chi connectivity index (χ2n) is 9.25. The van der Waals surface area contributed by atoms with Crippen LogP contribution in [0.15, 0.2) is 54.7 Å². The molecule has 0 radical (unpaired) electrons. The molecule has 1 aromatic heterocycles. The Kier molecular flexibility index (Phi) is 11.2. The number of carboxylic acids is 1. The van der Waals surface area contributed by atoms with Gasteiger partial charge in [-0.2, -0.15) is 0 Å². The first kappa shape index (κ1) is 29.7. The van der Waals surface area contributed by atoms with Crippen molar-refractivity contribution in [1.29, 1.82) is 0 Å². The lowest BCUT2D eigenvalue weighted by molar-refractivity contribution is -0.156. The van der Waals surface area contributed by atoms with Crippen molar-refractivity contribution in [2.75, 3.05) is 6.54 Å². The standard InChI is InChI=1S/C26H32N4O8/c1-26(2,3)38-22(33)14-20(30-25(36)37-16-17-9-5-4-6-10-17)24(35)29-19(23(34)28-15-21(31)32)13-18-11-7-8-12-27-18/h4-12,19-20H,13-16H2,1-3H3,(H,28,34)(H,29,35)(H,30,36)(H,31,32)/t19?,20-/m0/s1. The van der Waals surface area contributed by atoms with E-state index in [2.05, 4.69) is 20.9 Å². The van der Waals surface area contributed by atoms with Crippen LogP contribution in [0.4, 0.5) is 4.79 Å². The van der Waals surface area contributed by atoms with Crippen LogP contribution in [0.2, 0.25) is 0 Å². The van der Waals surface area contributed by atoms with E-state index in [4.69, 9.17) is 14.6 Å². The van der Waals surface area contributed by atoms with Crippen LogP contribution in [-0.2, 0) is 41.7 Å². The van der Waals surface area contributed by atoms with Gasteiger partial charge in [-0.15, -0.1) is 0 Å². The first-order valence-corrected chi connectivity index (χ1v) is 11.8. The fourth-order valence-corrected chi connectivity index (χ4v) is 3.16. The molecule has 0 bridgehead atoms. The predicted molar refractivity (Wildman–Crippen MR) is 135 cm³/mol. The van der Waals surface area contributed by atoms with E-state index in [1.54, 1.807) is 69.3 Å². The van der Waals surface area contributed by atoms with Crippen molar-refractivity contribution in [1.82, 2.24) is 20.9 Å². The highest BCUT2D eigenvalue weighted by atomic mass is 16.6. The minimum absolute atomic E-state index is 0.0738. The lowest BCUT2D eigenvalue weighted by Crippen LogP contribution is -2.55. The maximum atomic E-state index is 13.2. The smallest absolute Gasteiger partial charge is 0.408 e. The van der Waals surface area contributed by atoms with Crippen LogP contribution in [0.5, 0.6) is 0 Å². The molecule has 2 rings (SSSR count). The van der Waals surface area contributed by atoms with Crippen LogP contribution in [-0.4, -0.2) is 64.2 Å². The summed E-state index contributed by atoms with van der Waals surface area (Å²) in [6.07, 6.45) is -0.0836. The molecule has 0 saturated carbocycles. The van der Waals surface area contributed by atoms with Crippen molar-refractivity contribution in [2.24, 2.45) is 0 Å². The summed E-state index contributed by atoms with van der Waals surface area (Å²) >= 11 is 0. The molecular weight excluding hydrogens is 496 g/mol. The second-order valence-corrected chi connectivity index (χ2v) is 9.25. The van der Waals surface area contributed by atoms with Crippen LogP contribution in [0, 0.1) is 0 Å². The fraction of sp³-hybridized carbons (Fsp3) is 0.385. The Hall–Kier alpha value is -4.48. The molecule has 38 heavy (non-hydrogen) atoms. The fourth-order valence-electron chi connectivity index (χ4n) is 3.16. The highest BCUT2D eigenvalue weighted by Crippen LogP contribution is 2.10. The molecule has 12 heteroatoms. The van der Waals surface area contributed by atoms with E-state index in [1.807, 2.05) is 0 Å². The van der Waals surface area contributed by atoms with E-state index in [1.165, 1.54) is 6.20 Å². The SMILES string of the molecule is CC(C)(C)OC(=O)C[C@H](NC(=O)OCc1ccccc1)C(=O)NC(Cc1ccccn1)C(=O)NCC(=O)O. The van der Waals surface area contributed by atoms with Crippen LogP contribution >= 0.6 is 0 Å². The average Bonchev–Trinajstić information content (AvgIpc) is 2.85. The van der Waals surface area contributed by atoms with Crippen LogP contribution < -0.4 is 16.0 Å². The van der Waals surface area contributed by atoms with E-state index in [-0.39, 0.29) is 13.0 Å². The summed E-state index contributed by atoms with van der Waals surface area (Å²) in [5.74, 6) is -3.70. The third-order valence-corrected chi connectivity index (χ3v) is 4.80. The third kappa shape index (κ3) is 11.5. The maximum Gasteiger partial charge on any atom is 0.408 e. The Morgan fingerprint density at radius 3 is 2.21 bits per heavy atom. The van der Waals surface area contributed by atoms with E-state index in [9.17, 15) is 24.0 Å². The number of aromatic nitrogens is 1. The number of hydrogen-bond acceptors (Lipinski definition) is 8. The van der Waals surface area contributed by atoms with Crippen molar-refractivity contribution in [3.63, 3.8) is 0 Å². The number of alkyl carbamates (subject to hydrolysis) is 1. The number of amides is 3. The zero-order valence-corrected chi connectivity index (χ0v) is 21.4. The van der Waals surface area contributed by atoms with Gasteiger partial charge in [0.05, 0.1) is 6.42 Å². The summed E-state index contributed by atoms with van der Waals surface area (Å²) in [6.45, 7) is 4.21. The van der Waals surface area contributed by atoms with Gasteiger partial charge in [-0.1, -0.05) is 36.4 Å². The predicted octanol–water partition coefficient (Wildman–Crippen LogP) is 1.34. The molecule has 0 aliphatic rings. The Morgan fingerprint density at radius 2 is 1.61 bits per heavy atom. The number of carboxylic acid groups (broad SMARTS) is 1. The number of nitrogens with one attached hydrogen (secondary N) is 3. The van der Waals surface area contributed by atoms with Gasteiger partial charge in [0.1, 0.15) is 30.8 Å². The molecule has 0 saturated heterocycles. The average molecular weight is 529 g/mol. The number of rotatable bonds is 12. The number of ether oxygens (including phenoxy) is 2. The Labute approximate surface area is 220 Å².